The van der Waals surface area contributed by atoms with Gasteiger partial charge < -0.3 is 9.30 Å². The molecule has 0 saturated carbocycles. The molecule has 0 spiro atoms. The lowest BCUT2D eigenvalue weighted by Gasteiger charge is -2.06. The number of aromatic nitrogens is 1. The molecule has 0 radical (unpaired) electrons. The number of nitriles is 1. The Morgan fingerprint density at radius 2 is 2.26 bits per heavy atom. The summed E-state index contributed by atoms with van der Waals surface area (Å²) in [5, 5.41) is 9.91. The van der Waals surface area contributed by atoms with Crippen LogP contribution in [0.15, 0.2) is 30.5 Å². The van der Waals surface area contributed by atoms with Crippen molar-refractivity contribution in [2.24, 2.45) is 0 Å². The van der Waals surface area contributed by atoms with E-state index in [0.717, 1.165) is 23.7 Å². The van der Waals surface area contributed by atoms with Gasteiger partial charge in [-0.1, -0.05) is 19.4 Å². The van der Waals surface area contributed by atoms with Crippen LogP contribution in [0, 0.1) is 11.3 Å². The molecule has 0 amide bonds. The fourth-order valence-electron chi connectivity index (χ4n) is 1.91. The molecule has 98 valence electrons. The molecule has 4 heteroatoms. The summed E-state index contributed by atoms with van der Waals surface area (Å²) in [6, 6.07) is 9.47. The zero-order chi connectivity index (χ0) is 13.7. The third-order valence-corrected chi connectivity index (χ3v) is 2.96. The van der Waals surface area contributed by atoms with Crippen molar-refractivity contribution in [2.45, 2.75) is 26.3 Å². The second kappa shape index (κ2) is 6.05. The summed E-state index contributed by atoms with van der Waals surface area (Å²) in [6.45, 7) is 2.71. The molecular formula is C15H16N2O2. The summed E-state index contributed by atoms with van der Waals surface area (Å²) < 4.78 is 6.95. The molecule has 0 aliphatic heterocycles. The van der Waals surface area contributed by atoms with E-state index in [0.29, 0.717) is 12.2 Å². The quantitative estimate of drug-likeness (QED) is 0.610. The first kappa shape index (κ1) is 13.2. The van der Waals surface area contributed by atoms with Crippen molar-refractivity contribution < 1.29 is 9.53 Å². The van der Waals surface area contributed by atoms with Crippen LogP contribution >= 0.6 is 0 Å². The van der Waals surface area contributed by atoms with Crippen LogP contribution < -0.4 is 0 Å². The topological polar surface area (TPSA) is 55.0 Å². The minimum atomic E-state index is -0.242. The largest absolute Gasteiger partial charge is 0.464 e. The number of benzene rings is 1. The summed E-state index contributed by atoms with van der Waals surface area (Å²) in [7, 11) is 0. The van der Waals surface area contributed by atoms with Gasteiger partial charge in [0.05, 0.1) is 18.2 Å². The van der Waals surface area contributed by atoms with Gasteiger partial charge in [0, 0.05) is 11.7 Å². The Labute approximate surface area is 112 Å². The Hall–Kier alpha value is -2.28. The van der Waals surface area contributed by atoms with E-state index in [1.807, 2.05) is 22.9 Å². The molecule has 0 atom stereocenters. The van der Waals surface area contributed by atoms with Crippen molar-refractivity contribution in [2.75, 3.05) is 6.61 Å². The predicted molar refractivity (Wildman–Crippen MR) is 72.5 cm³/mol. The first-order valence-corrected chi connectivity index (χ1v) is 6.39. The maximum Gasteiger partial charge on any atom is 0.325 e. The van der Waals surface area contributed by atoms with Crippen LogP contribution in [0.3, 0.4) is 0 Å². The molecule has 1 aromatic heterocycles. The molecule has 1 heterocycles. The number of fused-ring (bicyclic) bond motifs is 1. The van der Waals surface area contributed by atoms with Crippen LogP contribution in [-0.4, -0.2) is 17.1 Å². The number of carbonyl (C=O) groups excluding carboxylic acids is 1. The van der Waals surface area contributed by atoms with Crippen molar-refractivity contribution in [3.05, 3.63) is 36.0 Å². The van der Waals surface area contributed by atoms with Gasteiger partial charge in [0.15, 0.2) is 0 Å². The van der Waals surface area contributed by atoms with Crippen molar-refractivity contribution in [1.29, 1.82) is 5.26 Å². The normalized spacial score (nSPS) is 10.3. The first-order valence-electron chi connectivity index (χ1n) is 6.39. The number of nitrogens with zero attached hydrogens (tertiary/aromatic N) is 2. The predicted octanol–water partition coefficient (Wildman–Crippen LogP) is 2.86. The van der Waals surface area contributed by atoms with Gasteiger partial charge in [-0.15, -0.1) is 0 Å². The third-order valence-electron chi connectivity index (χ3n) is 2.96. The lowest BCUT2D eigenvalue weighted by Crippen LogP contribution is -2.13. The van der Waals surface area contributed by atoms with Gasteiger partial charge in [-0.3, -0.25) is 4.79 Å². The Morgan fingerprint density at radius 3 is 3.00 bits per heavy atom. The fourth-order valence-corrected chi connectivity index (χ4v) is 1.91. The highest BCUT2D eigenvalue weighted by Gasteiger charge is 2.07. The number of carbonyl (C=O) groups is 1. The molecule has 2 aromatic rings. The summed E-state index contributed by atoms with van der Waals surface area (Å²) in [6.07, 6.45) is 3.73. The van der Waals surface area contributed by atoms with E-state index in [4.69, 9.17) is 10.00 Å². The van der Waals surface area contributed by atoms with E-state index in [9.17, 15) is 4.79 Å². The van der Waals surface area contributed by atoms with Crippen LogP contribution in [0.5, 0.6) is 0 Å². The lowest BCUT2D eigenvalue weighted by atomic mass is 10.2. The average Bonchev–Trinajstić information content (AvgIpc) is 2.81. The van der Waals surface area contributed by atoms with E-state index in [2.05, 4.69) is 13.0 Å². The van der Waals surface area contributed by atoms with Gasteiger partial charge in [-0.05, 0) is 30.0 Å². The maximum atomic E-state index is 11.7. The van der Waals surface area contributed by atoms with Gasteiger partial charge in [-0.2, -0.15) is 5.26 Å². The molecule has 0 saturated heterocycles. The number of ether oxygens (including phenoxy) is 1. The number of rotatable bonds is 5. The van der Waals surface area contributed by atoms with Gasteiger partial charge in [0.1, 0.15) is 6.54 Å². The number of unbranched alkanes of at least 4 members (excludes halogenated alkanes) is 1. The third kappa shape index (κ3) is 3.14. The average molecular weight is 256 g/mol. The van der Waals surface area contributed by atoms with Gasteiger partial charge in [0.2, 0.25) is 0 Å². The van der Waals surface area contributed by atoms with Crippen LogP contribution in [0.4, 0.5) is 0 Å². The zero-order valence-corrected chi connectivity index (χ0v) is 10.9. The van der Waals surface area contributed by atoms with E-state index in [1.54, 1.807) is 12.1 Å². The highest BCUT2D eigenvalue weighted by atomic mass is 16.5. The van der Waals surface area contributed by atoms with E-state index in [-0.39, 0.29) is 12.5 Å². The molecular weight excluding hydrogens is 240 g/mol. The van der Waals surface area contributed by atoms with Crippen LogP contribution in [0.2, 0.25) is 0 Å². The van der Waals surface area contributed by atoms with Gasteiger partial charge >= 0.3 is 5.97 Å². The summed E-state index contributed by atoms with van der Waals surface area (Å²) in [5.41, 5.74) is 1.47. The van der Waals surface area contributed by atoms with Crippen molar-refractivity contribution >= 4 is 16.9 Å². The second-order valence-corrected chi connectivity index (χ2v) is 4.40. The van der Waals surface area contributed by atoms with Crippen LogP contribution in [0.1, 0.15) is 25.3 Å². The van der Waals surface area contributed by atoms with Crippen LogP contribution in [0.25, 0.3) is 10.9 Å². The Morgan fingerprint density at radius 1 is 1.42 bits per heavy atom. The molecule has 0 unspecified atom stereocenters. The maximum absolute atomic E-state index is 11.7. The highest BCUT2D eigenvalue weighted by Crippen LogP contribution is 2.17. The number of hydrogen-bond acceptors (Lipinski definition) is 3. The van der Waals surface area contributed by atoms with E-state index in [1.165, 1.54) is 0 Å². The molecule has 0 aliphatic rings. The van der Waals surface area contributed by atoms with E-state index < -0.39 is 0 Å². The lowest BCUT2D eigenvalue weighted by molar-refractivity contribution is -0.144. The standard InChI is InChI=1S/C15H16N2O2/c1-2-3-8-19-15(18)11-17-7-6-13-5-4-12(10-16)9-14(13)17/h4-7,9H,2-3,8,11H2,1H3. The Bertz CT molecular complexity index is 623. The Balaban J connectivity index is 2.12. The minimum Gasteiger partial charge on any atom is -0.464 e. The van der Waals surface area contributed by atoms with Crippen molar-refractivity contribution in [3.63, 3.8) is 0 Å². The van der Waals surface area contributed by atoms with Gasteiger partial charge in [-0.25, -0.2) is 0 Å². The summed E-state index contributed by atoms with van der Waals surface area (Å²) >= 11 is 0. The molecule has 0 aliphatic carbocycles. The monoisotopic (exact) mass is 256 g/mol. The number of esters is 1. The molecule has 1 aromatic carbocycles. The molecule has 19 heavy (non-hydrogen) atoms. The van der Waals surface area contributed by atoms with Gasteiger partial charge in [0.25, 0.3) is 0 Å². The highest BCUT2D eigenvalue weighted by molar-refractivity contribution is 5.83. The zero-order valence-electron chi connectivity index (χ0n) is 10.9. The fraction of sp³-hybridized carbons (Fsp3) is 0.333. The van der Waals surface area contributed by atoms with E-state index >= 15 is 0 Å². The second-order valence-electron chi connectivity index (χ2n) is 4.40. The Kier molecular flexibility index (Phi) is 4.19. The van der Waals surface area contributed by atoms with Crippen LogP contribution in [-0.2, 0) is 16.1 Å². The molecule has 0 bridgehead atoms. The smallest absolute Gasteiger partial charge is 0.325 e. The minimum absolute atomic E-state index is 0.183. The number of hydrogen-bond donors (Lipinski definition) is 0. The summed E-state index contributed by atoms with van der Waals surface area (Å²) in [4.78, 5) is 11.7. The molecule has 4 nitrogen and oxygen atoms in total. The molecule has 2 rings (SSSR count). The van der Waals surface area contributed by atoms with Crippen molar-refractivity contribution in [1.82, 2.24) is 4.57 Å². The molecule has 0 N–H and O–H groups in total. The molecule has 0 fully saturated rings. The van der Waals surface area contributed by atoms with Crippen molar-refractivity contribution in [3.8, 4) is 6.07 Å². The first-order chi connectivity index (χ1) is 9.24. The SMILES string of the molecule is CCCCOC(=O)Cn1ccc2ccc(C#N)cc21. The summed E-state index contributed by atoms with van der Waals surface area (Å²) in [5.74, 6) is -0.242.